The van der Waals surface area contributed by atoms with E-state index >= 15 is 0 Å². The van der Waals surface area contributed by atoms with E-state index in [2.05, 4.69) is 5.10 Å². The molecule has 0 aliphatic carbocycles. The molecule has 18 heavy (non-hydrogen) atoms. The van der Waals surface area contributed by atoms with Crippen LogP contribution in [-0.2, 0) is 17.7 Å². The molecule has 0 spiro atoms. The Morgan fingerprint density at radius 1 is 1.61 bits per heavy atom. The number of esters is 1. The number of aromatic nitrogens is 2. The summed E-state index contributed by atoms with van der Waals surface area (Å²) in [6.45, 7) is 2.95. The fourth-order valence-corrected chi connectivity index (χ4v) is 2.22. The first kappa shape index (κ1) is 12.6. The summed E-state index contributed by atoms with van der Waals surface area (Å²) in [7, 11) is 0. The van der Waals surface area contributed by atoms with Gasteiger partial charge in [0.2, 0.25) is 0 Å². The highest BCUT2D eigenvalue weighted by Crippen LogP contribution is 2.12. The fourth-order valence-electron chi connectivity index (χ4n) is 1.52. The van der Waals surface area contributed by atoms with Gasteiger partial charge in [-0.15, -0.1) is 11.3 Å². The molecule has 0 radical (unpaired) electrons. The number of thiophene rings is 1. The summed E-state index contributed by atoms with van der Waals surface area (Å²) < 4.78 is 6.77. The van der Waals surface area contributed by atoms with E-state index in [1.165, 1.54) is 4.88 Å². The van der Waals surface area contributed by atoms with Gasteiger partial charge in [-0.2, -0.15) is 5.10 Å². The van der Waals surface area contributed by atoms with Crippen LogP contribution in [0.15, 0.2) is 23.7 Å². The van der Waals surface area contributed by atoms with Crippen LogP contribution in [0.1, 0.15) is 22.3 Å². The molecule has 0 aliphatic heterocycles. The van der Waals surface area contributed by atoms with Crippen molar-refractivity contribution in [2.75, 3.05) is 12.3 Å². The zero-order valence-electron chi connectivity index (χ0n) is 10.1. The predicted molar refractivity (Wildman–Crippen MR) is 70.6 cm³/mol. The maximum atomic E-state index is 11.7. The van der Waals surface area contributed by atoms with Crippen molar-refractivity contribution in [1.82, 2.24) is 9.78 Å². The fraction of sp³-hybridized carbons (Fsp3) is 0.333. The summed E-state index contributed by atoms with van der Waals surface area (Å²) in [5.74, 6) is -0.462. The van der Waals surface area contributed by atoms with Crippen LogP contribution < -0.4 is 5.73 Å². The molecule has 0 fully saturated rings. The van der Waals surface area contributed by atoms with Crippen molar-refractivity contribution in [3.8, 4) is 0 Å². The monoisotopic (exact) mass is 265 g/mol. The van der Waals surface area contributed by atoms with Gasteiger partial charge in [-0.1, -0.05) is 6.07 Å². The van der Waals surface area contributed by atoms with Crippen LogP contribution in [0.2, 0.25) is 0 Å². The van der Waals surface area contributed by atoms with E-state index in [1.54, 1.807) is 22.2 Å². The van der Waals surface area contributed by atoms with Gasteiger partial charge in [0.05, 0.1) is 12.3 Å². The summed E-state index contributed by atoms with van der Waals surface area (Å²) >= 11 is 1.65. The molecule has 6 heteroatoms. The first-order valence-corrected chi connectivity index (χ1v) is 6.61. The lowest BCUT2D eigenvalue weighted by Gasteiger charge is -2.02. The third-order valence-electron chi connectivity index (χ3n) is 2.47. The zero-order valence-corrected chi connectivity index (χ0v) is 10.9. The molecule has 5 nitrogen and oxygen atoms in total. The Balaban J connectivity index is 1.89. The molecule has 0 unspecified atom stereocenters. The van der Waals surface area contributed by atoms with E-state index < -0.39 is 5.97 Å². The lowest BCUT2D eigenvalue weighted by atomic mass is 10.3. The zero-order chi connectivity index (χ0) is 13.0. The lowest BCUT2D eigenvalue weighted by Crippen LogP contribution is -2.11. The topological polar surface area (TPSA) is 70.1 Å². The molecule has 2 aromatic rings. The van der Waals surface area contributed by atoms with Gasteiger partial charge in [0.25, 0.3) is 0 Å². The summed E-state index contributed by atoms with van der Waals surface area (Å²) in [6.07, 6.45) is 2.35. The maximum absolute atomic E-state index is 11.7. The number of hydrogen-bond donors (Lipinski definition) is 1. The van der Waals surface area contributed by atoms with Crippen molar-refractivity contribution >= 4 is 23.0 Å². The van der Waals surface area contributed by atoms with E-state index in [1.807, 2.05) is 24.4 Å². The number of carbonyl (C=O) groups is 1. The maximum Gasteiger partial charge on any atom is 0.361 e. The Hall–Kier alpha value is -1.82. The number of nitrogens with two attached hydrogens (primary N) is 1. The Bertz CT molecular complexity index is 519. The van der Waals surface area contributed by atoms with Gasteiger partial charge in [0.1, 0.15) is 0 Å². The molecule has 0 aromatic carbocycles. The van der Waals surface area contributed by atoms with E-state index in [9.17, 15) is 4.79 Å². The second-order valence-electron chi connectivity index (χ2n) is 3.75. The van der Waals surface area contributed by atoms with Gasteiger partial charge < -0.3 is 10.5 Å². The second-order valence-corrected chi connectivity index (χ2v) is 4.79. The molecule has 0 bridgehead atoms. The molecular weight excluding hydrogens is 250 g/mol. The van der Waals surface area contributed by atoms with Crippen molar-refractivity contribution in [1.29, 1.82) is 0 Å². The molecule has 0 amide bonds. The summed E-state index contributed by atoms with van der Waals surface area (Å²) in [6, 6.07) is 3.99. The van der Waals surface area contributed by atoms with E-state index in [-0.39, 0.29) is 5.69 Å². The van der Waals surface area contributed by atoms with E-state index in [4.69, 9.17) is 10.5 Å². The average Bonchev–Trinajstić information content (AvgIpc) is 2.98. The lowest BCUT2D eigenvalue weighted by molar-refractivity contribution is 0.0503. The molecule has 0 aliphatic rings. The molecule has 96 valence electrons. The third-order valence-corrected chi connectivity index (χ3v) is 3.41. The van der Waals surface area contributed by atoms with Gasteiger partial charge in [0, 0.05) is 24.0 Å². The van der Waals surface area contributed by atoms with Gasteiger partial charge in [-0.25, -0.2) is 4.79 Å². The number of carbonyl (C=O) groups excluding carboxylic acids is 1. The number of anilines is 1. The quantitative estimate of drug-likeness (QED) is 0.839. The molecule has 2 N–H and O–H groups in total. The molecule has 2 aromatic heterocycles. The molecule has 0 saturated carbocycles. The number of rotatable bonds is 5. The Morgan fingerprint density at radius 2 is 2.44 bits per heavy atom. The molecular formula is C12H15N3O2S. The minimum atomic E-state index is -0.462. The Kier molecular flexibility index (Phi) is 3.99. The van der Waals surface area contributed by atoms with Gasteiger partial charge in [-0.05, 0) is 18.4 Å². The van der Waals surface area contributed by atoms with E-state index in [0.717, 1.165) is 6.42 Å². The largest absolute Gasteiger partial charge is 0.460 e. The highest BCUT2D eigenvalue weighted by atomic mass is 32.1. The van der Waals surface area contributed by atoms with Gasteiger partial charge in [0.15, 0.2) is 5.69 Å². The van der Waals surface area contributed by atoms with Crippen molar-refractivity contribution in [2.45, 2.75) is 19.9 Å². The van der Waals surface area contributed by atoms with Crippen LogP contribution in [0.3, 0.4) is 0 Å². The first-order chi connectivity index (χ1) is 8.70. The molecule has 2 rings (SSSR count). The second kappa shape index (κ2) is 5.68. The van der Waals surface area contributed by atoms with Crippen molar-refractivity contribution in [3.63, 3.8) is 0 Å². The van der Waals surface area contributed by atoms with Crippen LogP contribution >= 0.6 is 11.3 Å². The summed E-state index contributed by atoms with van der Waals surface area (Å²) in [5.41, 5.74) is 6.26. The summed E-state index contributed by atoms with van der Waals surface area (Å²) in [5, 5.41) is 6.06. The number of nitrogen functional groups attached to an aromatic ring is 1. The van der Waals surface area contributed by atoms with Crippen molar-refractivity contribution in [2.24, 2.45) is 0 Å². The minimum Gasteiger partial charge on any atom is -0.460 e. The number of aryl methyl sites for hydroxylation is 1. The molecule has 2 heterocycles. The van der Waals surface area contributed by atoms with E-state index in [0.29, 0.717) is 18.8 Å². The minimum absolute atomic E-state index is 0.197. The highest BCUT2D eigenvalue weighted by Gasteiger charge is 2.15. The van der Waals surface area contributed by atoms with Gasteiger partial charge in [-0.3, -0.25) is 4.68 Å². The Morgan fingerprint density at radius 3 is 3.06 bits per heavy atom. The highest BCUT2D eigenvalue weighted by molar-refractivity contribution is 7.09. The van der Waals surface area contributed by atoms with Crippen LogP contribution in [0.5, 0.6) is 0 Å². The summed E-state index contributed by atoms with van der Waals surface area (Å²) in [4.78, 5) is 12.9. The first-order valence-electron chi connectivity index (χ1n) is 5.73. The molecule has 0 saturated heterocycles. The van der Waals surface area contributed by atoms with Crippen molar-refractivity contribution < 1.29 is 9.53 Å². The Labute approximate surface area is 109 Å². The smallest absolute Gasteiger partial charge is 0.361 e. The van der Waals surface area contributed by atoms with Crippen LogP contribution in [0, 0.1) is 0 Å². The third kappa shape index (κ3) is 2.89. The molecule has 0 atom stereocenters. The average molecular weight is 265 g/mol. The van der Waals surface area contributed by atoms with Crippen LogP contribution in [-0.4, -0.2) is 22.4 Å². The SMILES string of the molecule is CCn1cc(N)c(C(=O)OCCc2cccs2)n1. The number of hydrogen-bond acceptors (Lipinski definition) is 5. The van der Waals surface area contributed by atoms with Crippen molar-refractivity contribution in [3.05, 3.63) is 34.3 Å². The van der Waals surface area contributed by atoms with Crippen LogP contribution in [0.4, 0.5) is 5.69 Å². The normalized spacial score (nSPS) is 10.5. The number of ether oxygens (including phenoxy) is 1. The number of nitrogens with zero attached hydrogens (tertiary/aromatic N) is 2. The van der Waals surface area contributed by atoms with Gasteiger partial charge >= 0.3 is 5.97 Å². The standard InChI is InChI=1S/C12H15N3O2S/c1-2-15-8-10(13)11(14-15)12(16)17-6-5-9-4-3-7-18-9/h3-4,7-8H,2,5-6,13H2,1H3. The van der Waals surface area contributed by atoms with Crippen LogP contribution in [0.25, 0.3) is 0 Å². The predicted octanol–water partition coefficient (Wildman–Crippen LogP) is 1.95.